The zero-order valence-corrected chi connectivity index (χ0v) is 19.9. The Balaban J connectivity index is 2.44. The molecule has 1 aromatic heterocycles. The number of hydrogen-bond donors (Lipinski definition) is 1. The molecule has 1 aromatic carbocycles. The molecule has 10 heteroatoms. The first kappa shape index (κ1) is 24.3. The van der Waals surface area contributed by atoms with Crippen LogP contribution in [0.3, 0.4) is 0 Å². The molecule has 0 bridgehead atoms. The average molecular weight is 473 g/mol. The smallest absolute Gasteiger partial charge is 0.341 e. The van der Waals surface area contributed by atoms with Crippen molar-refractivity contribution in [1.29, 1.82) is 0 Å². The molecule has 164 valence electrons. The lowest BCUT2D eigenvalue weighted by molar-refractivity contribution is 0.0527. The predicted molar refractivity (Wildman–Crippen MR) is 119 cm³/mol. The highest BCUT2D eigenvalue weighted by Gasteiger charge is 2.26. The Morgan fingerprint density at radius 1 is 1.17 bits per heavy atom. The number of ether oxygens (including phenoxy) is 1. The summed E-state index contributed by atoms with van der Waals surface area (Å²) in [6, 6.07) is 4.00. The Labute approximate surface area is 186 Å². The molecule has 0 aliphatic heterocycles. The lowest BCUT2D eigenvalue weighted by atomic mass is 10.1. The van der Waals surface area contributed by atoms with Crippen molar-refractivity contribution in [2.75, 3.05) is 25.0 Å². The maximum absolute atomic E-state index is 12.9. The summed E-state index contributed by atoms with van der Waals surface area (Å²) in [5, 5.41) is 3.13. The van der Waals surface area contributed by atoms with Crippen LogP contribution in [0.5, 0.6) is 0 Å². The number of carbonyl (C=O) groups is 2. The van der Waals surface area contributed by atoms with E-state index < -0.39 is 21.9 Å². The molecule has 0 fully saturated rings. The highest BCUT2D eigenvalue weighted by atomic mass is 35.5. The summed E-state index contributed by atoms with van der Waals surface area (Å²) >= 11 is 7.43. The van der Waals surface area contributed by atoms with Crippen LogP contribution < -0.4 is 5.32 Å². The second-order valence-electron chi connectivity index (χ2n) is 6.39. The van der Waals surface area contributed by atoms with Crippen LogP contribution in [0.4, 0.5) is 5.00 Å². The quantitative estimate of drug-likeness (QED) is 0.572. The number of esters is 1. The number of benzene rings is 1. The SMILES string of the molecule is CCOC(=O)c1c(NC(=O)c2cc(S(=O)(=O)N(CC)CC)ccc2Cl)sc(C)c1C. The molecule has 2 rings (SSSR count). The summed E-state index contributed by atoms with van der Waals surface area (Å²) in [5.74, 6) is -1.14. The van der Waals surface area contributed by atoms with Crippen molar-refractivity contribution in [2.24, 2.45) is 0 Å². The molecule has 1 amide bonds. The van der Waals surface area contributed by atoms with Gasteiger partial charge in [-0.25, -0.2) is 13.2 Å². The Bertz CT molecular complexity index is 1060. The number of aryl methyl sites for hydroxylation is 1. The van der Waals surface area contributed by atoms with Crippen molar-refractivity contribution >= 4 is 49.8 Å². The zero-order chi connectivity index (χ0) is 22.6. The van der Waals surface area contributed by atoms with E-state index in [9.17, 15) is 18.0 Å². The summed E-state index contributed by atoms with van der Waals surface area (Å²) in [6.45, 7) is 9.61. The molecule has 0 radical (unpaired) electrons. The Morgan fingerprint density at radius 3 is 2.37 bits per heavy atom. The minimum atomic E-state index is -3.76. The Morgan fingerprint density at radius 2 is 1.80 bits per heavy atom. The van der Waals surface area contributed by atoms with Crippen molar-refractivity contribution in [3.63, 3.8) is 0 Å². The lowest BCUT2D eigenvalue weighted by Gasteiger charge is -2.19. The number of halogens is 1. The van der Waals surface area contributed by atoms with Gasteiger partial charge in [-0.1, -0.05) is 25.4 Å². The van der Waals surface area contributed by atoms with Crippen LogP contribution in [0.1, 0.15) is 51.9 Å². The molecule has 0 saturated heterocycles. The van der Waals surface area contributed by atoms with E-state index in [1.165, 1.54) is 33.8 Å². The number of hydrogen-bond acceptors (Lipinski definition) is 6. The molecule has 7 nitrogen and oxygen atoms in total. The Kier molecular flexibility index (Phi) is 8.04. The lowest BCUT2D eigenvalue weighted by Crippen LogP contribution is -2.30. The van der Waals surface area contributed by atoms with Crippen molar-refractivity contribution in [3.05, 3.63) is 44.8 Å². The van der Waals surface area contributed by atoms with Gasteiger partial charge < -0.3 is 10.1 Å². The number of anilines is 1. The number of rotatable bonds is 8. The normalized spacial score (nSPS) is 11.6. The zero-order valence-electron chi connectivity index (χ0n) is 17.5. The number of nitrogens with one attached hydrogen (secondary N) is 1. The van der Waals surface area contributed by atoms with E-state index >= 15 is 0 Å². The number of amides is 1. The topological polar surface area (TPSA) is 92.8 Å². The van der Waals surface area contributed by atoms with Gasteiger partial charge in [-0.3, -0.25) is 4.79 Å². The van der Waals surface area contributed by atoms with Gasteiger partial charge in [-0.15, -0.1) is 11.3 Å². The highest BCUT2D eigenvalue weighted by Crippen LogP contribution is 2.34. The fourth-order valence-corrected chi connectivity index (χ4v) is 5.62. The maximum atomic E-state index is 12.9. The largest absolute Gasteiger partial charge is 0.462 e. The van der Waals surface area contributed by atoms with Crippen molar-refractivity contribution in [3.8, 4) is 0 Å². The van der Waals surface area contributed by atoms with Gasteiger partial charge in [-0.05, 0) is 44.5 Å². The molecule has 1 N–H and O–H groups in total. The molecule has 30 heavy (non-hydrogen) atoms. The van der Waals surface area contributed by atoms with Crippen molar-refractivity contribution in [1.82, 2.24) is 4.31 Å². The van der Waals surface area contributed by atoms with E-state index in [-0.39, 0.29) is 27.7 Å². The molecule has 1 heterocycles. The van der Waals surface area contributed by atoms with E-state index in [0.717, 1.165) is 10.4 Å². The summed E-state index contributed by atoms with van der Waals surface area (Å²) in [4.78, 5) is 26.1. The average Bonchev–Trinajstić information content (AvgIpc) is 2.96. The molecule has 0 aliphatic rings. The van der Waals surface area contributed by atoms with E-state index in [1.807, 2.05) is 6.92 Å². The molecule has 0 saturated carbocycles. The van der Waals surface area contributed by atoms with Gasteiger partial charge in [0.2, 0.25) is 10.0 Å². The third-order valence-electron chi connectivity index (χ3n) is 4.62. The van der Waals surface area contributed by atoms with E-state index in [2.05, 4.69) is 5.32 Å². The second-order valence-corrected chi connectivity index (χ2v) is 9.96. The van der Waals surface area contributed by atoms with Gasteiger partial charge in [-0.2, -0.15) is 4.31 Å². The van der Waals surface area contributed by atoms with Crippen LogP contribution in [0, 0.1) is 13.8 Å². The van der Waals surface area contributed by atoms with E-state index in [4.69, 9.17) is 16.3 Å². The summed E-state index contributed by atoms with van der Waals surface area (Å²) < 4.78 is 32.0. The standard InChI is InChI=1S/C20H25ClN2O5S2/c1-6-23(7-2)30(26,27)14-9-10-16(21)15(11-14)18(24)22-19-17(20(25)28-8-3)12(4)13(5)29-19/h9-11H,6-8H2,1-5H3,(H,22,24). The summed E-state index contributed by atoms with van der Waals surface area (Å²) in [7, 11) is -3.76. The monoisotopic (exact) mass is 472 g/mol. The predicted octanol–water partition coefficient (Wildman–Crippen LogP) is 4.48. The third kappa shape index (κ3) is 4.85. The number of thiophene rings is 1. The van der Waals surface area contributed by atoms with Gasteiger partial charge >= 0.3 is 5.97 Å². The van der Waals surface area contributed by atoms with Gasteiger partial charge in [0.05, 0.1) is 27.7 Å². The Hall–Kier alpha value is -1.94. The fourth-order valence-electron chi connectivity index (χ4n) is 2.89. The minimum Gasteiger partial charge on any atom is -0.462 e. The molecule has 0 aliphatic carbocycles. The number of nitrogens with zero attached hydrogens (tertiary/aromatic N) is 1. The van der Waals surface area contributed by atoms with Crippen LogP contribution in [0.15, 0.2) is 23.1 Å². The number of carbonyl (C=O) groups excluding carboxylic acids is 2. The van der Waals surface area contributed by atoms with Crippen molar-refractivity contribution in [2.45, 2.75) is 39.5 Å². The van der Waals surface area contributed by atoms with Crippen LogP contribution in [0.25, 0.3) is 0 Å². The van der Waals surface area contributed by atoms with Crippen molar-refractivity contribution < 1.29 is 22.7 Å². The molecular weight excluding hydrogens is 448 g/mol. The molecule has 2 aromatic rings. The molecule has 0 unspecified atom stereocenters. The van der Waals surface area contributed by atoms with Gasteiger partial charge in [0.25, 0.3) is 5.91 Å². The third-order valence-corrected chi connectivity index (χ3v) is 8.12. The van der Waals surface area contributed by atoms with E-state index in [0.29, 0.717) is 18.1 Å². The van der Waals surface area contributed by atoms with E-state index in [1.54, 1.807) is 27.7 Å². The first-order chi connectivity index (χ1) is 14.1. The molecule has 0 spiro atoms. The van der Waals surface area contributed by atoms with Crippen LogP contribution in [-0.2, 0) is 14.8 Å². The maximum Gasteiger partial charge on any atom is 0.341 e. The number of sulfonamides is 1. The fraction of sp³-hybridized carbons (Fsp3) is 0.400. The first-order valence-electron chi connectivity index (χ1n) is 9.46. The van der Waals surface area contributed by atoms with Crippen LogP contribution in [-0.4, -0.2) is 44.3 Å². The van der Waals surface area contributed by atoms with Crippen LogP contribution >= 0.6 is 22.9 Å². The van der Waals surface area contributed by atoms with Gasteiger partial charge in [0, 0.05) is 18.0 Å². The summed E-state index contributed by atoms with van der Waals surface area (Å²) in [5.41, 5.74) is 1.01. The molecular formula is C20H25ClN2O5S2. The first-order valence-corrected chi connectivity index (χ1v) is 12.1. The minimum absolute atomic E-state index is 0.00316. The highest BCUT2D eigenvalue weighted by molar-refractivity contribution is 7.89. The second kappa shape index (κ2) is 9.91. The summed E-state index contributed by atoms with van der Waals surface area (Å²) in [6.07, 6.45) is 0. The van der Waals surface area contributed by atoms with Crippen LogP contribution in [0.2, 0.25) is 5.02 Å². The van der Waals surface area contributed by atoms with Gasteiger partial charge in [0.15, 0.2) is 0 Å². The van der Waals surface area contributed by atoms with Gasteiger partial charge in [0.1, 0.15) is 5.00 Å². The molecule has 0 atom stereocenters.